The molecule has 32 heavy (non-hydrogen) atoms. The first-order chi connectivity index (χ1) is 15.3. The fourth-order valence-corrected chi connectivity index (χ4v) is 4.08. The fraction of sp³-hybridized carbons (Fsp3) is 0.478. The maximum atomic E-state index is 13.0. The highest BCUT2D eigenvalue weighted by molar-refractivity contribution is 6.30. The first-order valence-corrected chi connectivity index (χ1v) is 11.2. The van der Waals surface area contributed by atoms with Crippen LogP contribution in [-0.2, 0) is 0 Å². The molecule has 1 aliphatic heterocycles. The molecule has 1 fully saturated rings. The van der Waals surface area contributed by atoms with Crippen LogP contribution in [0.1, 0.15) is 54.6 Å². The van der Waals surface area contributed by atoms with Crippen molar-refractivity contribution in [1.29, 1.82) is 0 Å². The lowest BCUT2D eigenvalue weighted by molar-refractivity contribution is -0.137. The van der Waals surface area contributed by atoms with E-state index in [1.165, 1.54) is 6.20 Å². The molecule has 1 amide bonds. The third kappa shape index (κ3) is 6.84. The molecule has 1 aromatic carbocycles. The molecule has 3 rings (SSSR count). The number of anilines is 1. The highest BCUT2D eigenvalue weighted by Gasteiger charge is 2.32. The number of aromatic nitrogens is 1. The van der Waals surface area contributed by atoms with Gasteiger partial charge in [-0.1, -0.05) is 30.7 Å². The Bertz CT molecular complexity index is 886. The molecule has 2 unspecified atom stereocenters. The van der Waals surface area contributed by atoms with Gasteiger partial charge in [-0.05, 0) is 62.2 Å². The second kappa shape index (κ2) is 11.0. The van der Waals surface area contributed by atoms with E-state index < -0.39 is 18.6 Å². The van der Waals surface area contributed by atoms with Gasteiger partial charge in [-0.3, -0.25) is 9.69 Å². The van der Waals surface area contributed by atoms with Gasteiger partial charge in [0, 0.05) is 23.8 Å². The highest BCUT2D eigenvalue weighted by Crippen LogP contribution is 2.27. The largest absolute Gasteiger partial charge is 0.391 e. The summed E-state index contributed by atoms with van der Waals surface area (Å²) in [5.41, 5.74) is 1.28. The number of alkyl halides is 3. The molecule has 2 atom stereocenters. The number of nitrogens with one attached hydrogen (secondary N) is 2. The van der Waals surface area contributed by atoms with Crippen LogP contribution in [-0.4, -0.2) is 47.6 Å². The summed E-state index contributed by atoms with van der Waals surface area (Å²) < 4.78 is 38.5. The van der Waals surface area contributed by atoms with Crippen molar-refractivity contribution in [3.8, 4) is 0 Å². The maximum Gasteiger partial charge on any atom is 0.391 e. The van der Waals surface area contributed by atoms with Crippen molar-refractivity contribution in [1.82, 2.24) is 15.2 Å². The van der Waals surface area contributed by atoms with Crippen molar-refractivity contribution >= 4 is 23.3 Å². The molecule has 0 radical (unpaired) electrons. The second-order valence-electron chi connectivity index (χ2n) is 7.99. The maximum absolute atomic E-state index is 13.0. The number of halogens is 4. The standard InChI is InChI=1S/C23H28ClF3N4O/c1-2-18(14-23(25,26)27)30-21-19(6-5-11-28-21)22(32)29-15-20(31-12-3-4-13-31)16-7-9-17(24)10-8-16/h5-11,18,20H,2-4,12-15H2,1H3,(H,28,30)(H,29,32). The molecule has 2 N–H and O–H groups in total. The number of carbonyl (C=O) groups is 1. The molecule has 2 aromatic rings. The molecule has 0 spiro atoms. The number of benzene rings is 1. The van der Waals surface area contributed by atoms with Crippen molar-refractivity contribution in [2.75, 3.05) is 25.0 Å². The van der Waals surface area contributed by atoms with E-state index >= 15 is 0 Å². The molecule has 0 saturated carbocycles. The van der Waals surface area contributed by atoms with Crippen LogP contribution in [0.4, 0.5) is 19.0 Å². The molecule has 1 aliphatic rings. The zero-order valence-electron chi connectivity index (χ0n) is 18.0. The van der Waals surface area contributed by atoms with E-state index in [4.69, 9.17) is 11.6 Å². The Morgan fingerprint density at radius 1 is 1.19 bits per heavy atom. The van der Waals surface area contributed by atoms with Crippen LogP contribution in [0, 0.1) is 0 Å². The number of carbonyl (C=O) groups excluding carboxylic acids is 1. The summed E-state index contributed by atoms with van der Waals surface area (Å²) in [6, 6.07) is 9.87. The quantitative estimate of drug-likeness (QED) is 0.514. The molecule has 9 heteroatoms. The van der Waals surface area contributed by atoms with Crippen LogP contribution in [0.25, 0.3) is 0 Å². The minimum absolute atomic E-state index is 0.0135. The summed E-state index contributed by atoms with van der Waals surface area (Å²) in [6.07, 6.45) is -1.37. The number of hydrogen-bond acceptors (Lipinski definition) is 4. The van der Waals surface area contributed by atoms with E-state index in [2.05, 4.69) is 20.5 Å². The van der Waals surface area contributed by atoms with Crippen molar-refractivity contribution in [3.05, 3.63) is 58.7 Å². The highest BCUT2D eigenvalue weighted by atomic mass is 35.5. The number of rotatable bonds is 9. The lowest BCUT2D eigenvalue weighted by atomic mass is 10.1. The van der Waals surface area contributed by atoms with Crippen LogP contribution in [0.3, 0.4) is 0 Å². The minimum atomic E-state index is -4.30. The number of pyridine rings is 1. The smallest absolute Gasteiger partial charge is 0.366 e. The Morgan fingerprint density at radius 2 is 1.88 bits per heavy atom. The predicted octanol–water partition coefficient (Wildman–Crippen LogP) is 5.44. The molecule has 1 saturated heterocycles. The first-order valence-electron chi connectivity index (χ1n) is 10.8. The van der Waals surface area contributed by atoms with Crippen molar-refractivity contribution < 1.29 is 18.0 Å². The van der Waals surface area contributed by atoms with E-state index in [9.17, 15) is 18.0 Å². The molecule has 2 heterocycles. The van der Waals surface area contributed by atoms with Gasteiger partial charge < -0.3 is 10.6 Å². The third-order valence-corrected chi connectivity index (χ3v) is 5.91. The zero-order valence-corrected chi connectivity index (χ0v) is 18.7. The van der Waals surface area contributed by atoms with Crippen molar-refractivity contribution in [2.24, 2.45) is 0 Å². The molecule has 174 valence electrons. The second-order valence-corrected chi connectivity index (χ2v) is 8.43. The Morgan fingerprint density at radius 3 is 2.50 bits per heavy atom. The third-order valence-electron chi connectivity index (χ3n) is 5.66. The Kier molecular flexibility index (Phi) is 8.37. The minimum Gasteiger partial charge on any atom is -0.366 e. The van der Waals surface area contributed by atoms with Gasteiger partial charge in [-0.2, -0.15) is 13.2 Å². The van der Waals surface area contributed by atoms with Gasteiger partial charge in [0.25, 0.3) is 5.91 Å². The van der Waals surface area contributed by atoms with E-state index in [0.717, 1.165) is 31.5 Å². The molecular formula is C23H28ClF3N4O. The average molecular weight is 469 g/mol. The van der Waals surface area contributed by atoms with E-state index in [0.29, 0.717) is 11.6 Å². The lowest BCUT2D eigenvalue weighted by Crippen LogP contribution is -2.37. The Hall–Kier alpha value is -2.32. The van der Waals surface area contributed by atoms with Crippen LogP contribution in [0.2, 0.25) is 5.02 Å². The SMILES string of the molecule is CCC(CC(F)(F)F)Nc1ncccc1C(=O)NCC(c1ccc(Cl)cc1)N1CCCC1. The van der Waals surface area contributed by atoms with E-state index in [1.54, 1.807) is 19.1 Å². The lowest BCUT2D eigenvalue weighted by Gasteiger charge is -2.28. The topological polar surface area (TPSA) is 57.3 Å². The van der Waals surface area contributed by atoms with E-state index in [-0.39, 0.29) is 29.8 Å². The number of likely N-dealkylation sites (tertiary alicyclic amines) is 1. The molecule has 5 nitrogen and oxygen atoms in total. The Balaban J connectivity index is 1.72. The Labute approximate surface area is 191 Å². The molecular weight excluding hydrogens is 441 g/mol. The van der Waals surface area contributed by atoms with Crippen molar-refractivity contribution in [2.45, 2.75) is 50.9 Å². The predicted molar refractivity (Wildman–Crippen MR) is 120 cm³/mol. The fourth-order valence-electron chi connectivity index (χ4n) is 3.95. The van der Waals surface area contributed by atoms with Crippen LogP contribution in [0.5, 0.6) is 0 Å². The van der Waals surface area contributed by atoms with Crippen molar-refractivity contribution in [3.63, 3.8) is 0 Å². The summed E-state index contributed by atoms with van der Waals surface area (Å²) in [5, 5.41) is 6.40. The first kappa shape index (κ1) is 24.3. The van der Waals surface area contributed by atoms with Gasteiger partial charge in [-0.25, -0.2) is 4.98 Å². The van der Waals surface area contributed by atoms with Crippen LogP contribution >= 0.6 is 11.6 Å². The van der Waals surface area contributed by atoms with Gasteiger partial charge >= 0.3 is 6.18 Å². The number of hydrogen-bond donors (Lipinski definition) is 2. The molecule has 0 bridgehead atoms. The number of nitrogens with zero attached hydrogens (tertiary/aromatic N) is 2. The van der Waals surface area contributed by atoms with Gasteiger partial charge in [0.05, 0.1) is 18.0 Å². The molecule has 1 aromatic heterocycles. The summed E-state index contributed by atoms with van der Waals surface area (Å²) in [4.78, 5) is 19.4. The zero-order chi connectivity index (χ0) is 23.1. The van der Waals surface area contributed by atoms with Gasteiger partial charge in [0.15, 0.2) is 0 Å². The summed E-state index contributed by atoms with van der Waals surface area (Å²) in [7, 11) is 0. The summed E-state index contributed by atoms with van der Waals surface area (Å²) in [5.74, 6) is -0.217. The molecule has 0 aliphatic carbocycles. The average Bonchev–Trinajstić information content (AvgIpc) is 3.28. The normalized spacial score (nSPS) is 16.5. The monoisotopic (exact) mass is 468 g/mol. The van der Waals surface area contributed by atoms with Crippen LogP contribution in [0.15, 0.2) is 42.6 Å². The summed E-state index contributed by atoms with van der Waals surface area (Å²) in [6.45, 7) is 3.92. The van der Waals surface area contributed by atoms with Gasteiger partial charge in [0.1, 0.15) is 5.82 Å². The van der Waals surface area contributed by atoms with Gasteiger partial charge in [0.2, 0.25) is 0 Å². The summed E-state index contributed by atoms with van der Waals surface area (Å²) >= 11 is 6.03. The van der Waals surface area contributed by atoms with Crippen LogP contribution < -0.4 is 10.6 Å². The van der Waals surface area contributed by atoms with Gasteiger partial charge in [-0.15, -0.1) is 0 Å². The number of amides is 1. The van der Waals surface area contributed by atoms with E-state index in [1.807, 2.05) is 24.3 Å².